The van der Waals surface area contributed by atoms with Gasteiger partial charge in [-0.25, -0.2) is 8.42 Å². The summed E-state index contributed by atoms with van der Waals surface area (Å²) < 4.78 is 22.9. The van der Waals surface area contributed by atoms with Crippen LogP contribution >= 0.6 is 0 Å². The lowest BCUT2D eigenvalue weighted by Gasteiger charge is -2.34. The lowest BCUT2D eigenvalue weighted by molar-refractivity contribution is 0.192. The summed E-state index contributed by atoms with van der Waals surface area (Å²) in [6, 6.07) is 10.9. The summed E-state index contributed by atoms with van der Waals surface area (Å²) in [6.45, 7) is 7.94. The topological polar surface area (TPSA) is 73.8 Å². The summed E-state index contributed by atoms with van der Waals surface area (Å²) in [6.07, 6.45) is 4.22. The number of likely N-dealkylation sites (tertiary alicyclic amines) is 1. The Hall–Kier alpha value is -1.60. The lowest BCUT2D eigenvalue weighted by atomic mass is 9.90. The fourth-order valence-corrected chi connectivity index (χ4v) is 4.34. The molecule has 0 bridgehead atoms. The highest BCUT2D eigenvalue weighted by molar-refractivity contribution is 7.90. The van der Waals surface area contributed by atoms with Crippen molar-refractivity contribution < 1.29 is 8.42 Å². The summed E-state index contributed by atoms with van der Waals surface area (Å²) in [5.74, 6) is 1.00. The van der Waals surface area contributed by atoms with Gasteiger partial charge in [-0.1, -0.05) is 44.2 Å². The van der Waals surface area contributed by atoms with Crippen LogP contribution in [-0.2, 0) is 16.4 Å². The van der Waals surface area contributed by atoms with E-state index in [1.54, 1.807) is 7.05 Å². The molecule has 28 heavy (non-hydrogen) atoms. The van der Waals surface area contributed by atoms with Gasteiger partial charge < -0.3 is 10.6 Å². The second-order valence-corrected chi connectivity index (χ2v) is 10.9. The first-order valence-electron chi connectivity index (χ1n) is 10.1. The van der Waals surface area contributed by atoms with Crippen molar-refractivity contribution in [3.63, 3.8) is 0 Å². The molecule has 1 saturated heterocycles. The first-order valence-corrected chi connectivity index (χ1v) is 12.1. The number of nitrogens with one attached hydrogen (secondary N) is 2. The van der Waals surface area contributed by atoms with Gasteiger partial charge in [-0.3, -0.25) is 9.89 Å². The number of sulfone groups is 1. The Morgan fingerprint density at radius 3 is 2.64 bits per heavy atom. The first-order chi connectivity index (χ1) is 13.2. The van der Waals surface area contributed by atoms with E-state index in [9.17, 15) is 8.42 Å². The van der Waals surface area contributed by atoms with Gasteiger partial charge in [0.2, 0.25) is 0 Å². The molecule has 1 atom stereocenters. The van der Waals surface area contributed by atoms with Crippen molar-refractivity contribution in [3.8, 4) is 0 Å². The molecule has 1 aliphatic heterocycles. The molecule has 0 amide bonds. The van der Waals surface area contributed by atoms with Crippen molar-refractivity contribution in [3.05, 3.63) is 35.9 Å². The van der Waals surface area contributed by atoms with E-state index in [0.29, 0.717) is 19.0 Å². The van der Waals surface area contributed by atoms with E-state index in [1.807, 2.05) is 0 Å². The highest BCUT2D eigenvalue weighted by Crippen LogP contribution is 2.20. The van der Waals surface area contributed by atoms with Gasteiger partial charge in [0.05, 0.1) is 5.75 Å². The van der Waals surface area contributed by atoms with E-state index < -0.39 is 9.84 Å². The van der Waals surface area contributed by atoms with Crippen LogP contribution in [0.3, 0.4) is 0 Å². The second kappa shape index (κ2) is 10.3. The Morgan fingerprint density at radius 1 is 1.29 bits per heavy atom. The van der Waals surface area contributed by atoms with Crippen LogP contribution in [0.5, 0.6) is 0 Å². The monoisotopic (exact) mass is 408 g/mol. The van der Waals surface area contributed by atoms with Gasteiger partial charge in [-0.05, 0) is 36.8 Å². The average Bonchev–Trinajstić information content (AvgIpc) is 2.64. The molecule has 6 nitrogen and oxygen atoms in total. The van der Waals surface area contributed by atoms with Gasteiger partial charge >= 0.3 is 0 Å². The summed E-state index contributed by atoms with van der Waals surface area (Å²) in [7, 11) is -1.15. The molecule has 158 valence electrons. The van der Waals surface area contributed by atoms with Crippen LogP contribution in [0.25, 0.3) is 0 Å². The predicted octanol–water partition coefficient (Wildman–Crippen LogP) is 2.28. The Balaban J connectivity index is 1.81. The largest absolute Gasteiger partial charge is 0.356 e. The van der Waals surface area contributed by atoms with Crippen LogP contribution in [0.1, 0.15) is 38.7 Å². The number of benzene rings is 1. The summed E-state index contributed by atoms with van der Waals surface area (Å²) >= 11 is 0. The van der Waals surface area contributed by atoms with Crippen molar-refractivity contribution in [2.24, 2.45) is 10.4 Å². The van der Waals surface area contributed by atoms with Gasteiger partial charge in [-0.2, -0.15) is 0 Å². The number of nitrogens with zero attached hydrogens (tertiary/aromatic N) is 2. The molecule has 0 aromatic heterocycles. The third kappa shape index (κ3) is 8.61. The van der Waals surface area contributed by atoms with E-state index >= 15 is 0 Å². The fourth-order valence-electron chi connectivity index (χ4n) is 3.42. The minimum absolute atomic E-state index is 0.118. The molecule has 1 aromatic rings. The maximum atomic E-state index is 11.4. The van der Waals surface area contributed by atoms with Crippen molar-refractivity contribution in [2.75, 3.05) is 38.7 Å². The molecular formula is C21H36N4O2S. The third-order valence-corrected chi connectivity index (χ3v) is 6.15. The molecule has 7 heteroatoms. The highest BCUT2D eigenvalue weighted by atomic mass is 32.2. The van der Waals surface area contributed by atoms with E-state index in [1.165, 1.54) is 18.2 Å². The number of aliphatic imine (C=N–C) groups is 1. The summed E-state index contributed by atoms with van der Waals surface area (Å²) in [4.78, 5) is 6.85. The van der Waals surface area contributed by atoms with E-state index in [-0.39, 0.29) is 11.2 Å². The van der Waals surface area contributed by atoms with Crippen molar-refractivity contribution in [1.29, 1.82) is 0 Å². The zero-order chi connectivity index (χ0) is 20.6. The van der Waals surface area contributed by atoms with E-state index in [4.69, 9.17) is 0 Å². The molecule has 0 aliphatic carbocycles. The van der Waals surface area contributed by atoms with Crippen LogP contribution in [-0.4, -0.2) is 64.0 Å². The smallest absolute Gasteiger partial charge is 0.191 e. The molecule has 1 unspecified atom stereocenters. The van der Waals surface area contributed by atoms with E-state index in [2.05, 4.69) is 64.7 Å². The Kier molecular flexibility index (Phi) is 8.31. The SMILES string of the molecule is CN=C(NCC(C)(C)CCS(C)(=O)=O)NC1CCCN(Cc2ccccc2)C1. The van der Waals surface area contributed by atoms with Crippen LogP contribution in [0.2, 0.25) is 0 Å². The number of rotatable bonds is 8. The molecule has 1 fully saturated rings. The molecular weight excluding hydrogens is 372 g/mol. The molecule has 0 spiro atoms. The molecule has 1 aliphatic rings. The van der Waals surface area contributed by atoms with Crippen molar-refractivity contribution in [2.45, 2.75) is 45.7 Å². The molecule has 0 saturated carbocycles. The Bertz CT molecular complexity index is 732. The minimum atomic E-state index is -2.94. The van der Waals surface area contributed by atoms with Gasteiger partial charge in [0.1, 0.15) is 9.84 Å². The number of hydrogen-bond acceptors (Lipinski definition) is 4. The number of guanidine groups is 1. The molecule has 1 heterocycles. The fraction of sp³-hybridized carbons (Fsp3) is 0.667. The van der Waals surface area contributed by atoms with Crippen molar-refractivity contribution >= 4 is 15.8 Å². The maximum Gasteiger partial charge on any atom is 0.191 e. The van der Waals surface area contributed by atoms with Crippen LogP contribution in [0.15, 0.2) is 35.3 Å². The van der Waals surface area contributed by atoms with Gasteiger partial charge in [0, 0.05) is 39.0 Å². The standard InChI is InChI=1S/C21H36N4O2S/c1-21(2,12-14-28(4,26)27)17-23-20(22-3)24-19-11-8-13-25(16-19)15-18-9-6-5-7-10-18/h5-7,9-10,19H,8,11-17H2,1-4H3,(H2,22,23,24). The zero-order valence-corrected chi connectivity index (χ0v) is 18.6. The quantitative estimate of drug-likeness (QED) is 0.510. The summed E-state index contributed by atoms with van der Waals surface area (Å²) in [5, 5.41) is 6.93. The molecule has 1 aromatic carbocycles. The molecule has 2 N–H and O–H groups in total. The summed E-state index contributed by atoms with van der Waals surface area (Å²) in [5.41, 5.74) is 1.23. The Morgan fingerprint density at radius 2 is 2.00 bits per heavy atom. The van der Waals surface area contributed by atoms with Crippen LogP contribution < -0.4 is 10.6 Å². The second-order valence-electron chi connectivity index (χ2n) is 8.67. The van der Waals surface area contributed by atoms with Gasteiger partial charge in [-0.15, -0.1) is 0 Å². The predicted molar refractivity (Wildman–Crippen MR) is 117 cm³/mol. The lowest BCUT2D eigenvalue weighted by Crippen LogP contribution is -2.52. The van der Waals surface area contributed by atoms with Crippen LogP contribution in [0, 0.1) is 5.41 Å². The molecule has 0 radical (unpaired) electrons. The average molecular weight is 409 g/mol. The number of piperidine rings is 1. The maximum absolute atomic E-state index is 11.4. The minimum Gasteiger partial charge on any atom is -0.356 e. The zero-order valence-electron chi connectivity index (χ0n) is 17.7. The van der Waals surface area contributed by atoms with Gasteiger partial charge in [0.25, 0.3) is 0 Å². The van der Waals surface area contributed by atoms with Gasteiger partial charge in [0.15, 0.2) is 5.96 Å². The van der Waals surface area contributed by atoms with E-state index in [0.717, 1.165) is 32.0 Å². The van der Waals surface area contributed by atoms with Crippen molar-refractivity contribution in [1.82, 2.24) is 15.5 Å². The third-order valence-electron chi connectivity index (χ3n) is 5.20. The highest BCUT2D eigenvalue weighted by Gasteiger charge is 2.23. The van der Waals surface area contributed by atoms with Crippen LogP contribution in [0.4, 0.5) is 0 Å². The number of hydrogen-bond donors (Lipinski definition) is 2. The first kappa shape index (κ1) is 22.7. The molecule has 2 rings (SSSR count). The Labute approximate surface area is 170 Å². The normalized spacial score (nSPS) is 19.4.